The van der Waals surface area contributed by atoms with E-state index in [0.717, 1.165) is 34.9 Å². The van der Waals surface area contributed by atoms with E-state index in [-0.39, 0.29) is 0 Å². The summed E-state index contributed by atoms with van der Waals surface area (Å²) in [6.45, 7) is 3.21. The van der Waals surface area contributed by atoms with Gasteiger partial charge in [-0.2, -0.15) is 0 Å². The highest BCUT2D eigenvalue weighted by molar-refractivity contribution is 6.03. The largest absolute Gasteiger partial charge is 0.369 e. The summed E-state index contributed by atoms with van der Waals surface area (Å²) in [5.74, 6) is 0.564. The van der Waals surface area contributed by atoms with Gasteiger partial charge in [0.25, 0.3) is 0 Å². The van der Waals surface area contributed by atoms with Gasteiger partial charge < -0.3 is 15.2 Å². The van der Waals surface area contributed by atoms with E-state index in [4.69, 9.17) is 5.73 Å². The molecule has 0 radical (unpaired) electrons. The summed E-state index contributed by atoms with van der Waals surface area (Å²) in [5.41, 5.74) is 9.09. The minimum absolute atomic E-state index is 0.295. The second-order valence-electron chi connectivity index (χ2n) is 5.79. The molecule has 0 spiro atoms. The fraction of sp³-hybridized carbons (Fsp3) is 0.375. The molecule has 3 aromatic rings. The number of hydrogen-bond acceptors (Lipinski definition) is 4. The quantitative estimate of drug-likeness (QED) is 0.799. The first-order valence-corrected chi connectivity index (χ1v) is 7.24. The molecule has 21 heavy (non-hydrogen) atoms. The zero-order valence-corrected chi connectivity index (χ0v) is 12.7. The van der Waals surface area contributed by atoms with Crippen molar-refractivity contribution >= 4 is 27.9 Å². The Balaban J connectivity index is 2.16. The van der Waals surface area contributed by atoms with Crippen LogP contribution in [-0.4, -0.2) is 40.1 Å². The normalized spacial score (nSPS) is 13.3. The number of nitrogens with zero attached hydrogens (tertiary/aromatic N) is 4. The Morgan fingerprint density at radius 1 is 1.24 bits per heavy atom. The number of fused-ring (bicyclic) bond motifs is 3. The number of hydrogen-bond donors (Lipinski definition) is 1. The van der Waals surface area contributed by atoms with Gasteiger partial charge in [-0.3, -0.25) is 4.98 Å². The van der Waals surface area contributed by atoms with E-state index in [1.165, 1.54) is 0 Å². The monoisotopic (exact) mass is 283 g/mol. The van der Waals surface area contributed by atoms with E-state index in [1.54, 1.807) is 0 Å². The Labute approximate surface area is 124 Å². The van der Waals surface area contributed by atoms with Crippen LogP contribution in [0.15, 0.2) is 30.5 Å². The van der Waals surface area contributed by atoms with E-state index in [9.17, 15) is 0 Å². The fourth-order valence-electron chi connectivity index (χ4n) is 2.76. The van der Waals surface area contributed by atoms with Crippen LogP contribution < -0.4 is 5.73 Å². The lowest BCUT2D eigenvalue weighted by Crippen LogP contribution is -2.18. The zero-order chi connectivity index (χ0) is 15.0. The van der Waals surface area contributed by atoms with Crippen molar-refractivity contribution in [3.63, 3.8) is 0 Å². The Kier molecular flexibility index (Phi) is 3.51. The highest BCUT2D eigenvalue weighted by atomic mass is 15.2. The lowest BCUT2D eigenvalue weighted by molar-refractivity contribution is 0.362. The number of benzene rings is 1. The molecule has 110 valence electrons. The molecule has 0 aliphatic rings. The summed E-state index contributed by atoms with van der Waals surface area (Å²) in [4.78, 5) is 11.1. The van der Waals surface area contributed by atoms with Crippen LogP contribution in [0.2, 0.25) is 0 Å². The van der Waals surface area contributed by atoms with Crippen LogP contribution in [0.3, 0.4) is 0 Å². The van der Waals surface area contributed by atoms with E-state index >= 15 is 0 Å². The topological polar surface area (TPSA) is 60.0 Å². The molecule has 5 nitrogen and oxygen atoms in total. The molecule has 1 aromatic carbocycles. The van der Waals surface area contributed by atoms with E-state index in [1.807, 2.05) is 24.4 Å². The number of para-hydroxylation sites is 1. The molecule has 0 aliphatic carbocycles. The maximum absolute atomic E-state index is 6.16. The third kappa shape index (κ3) is 2.45. The number of aromatic nitrogens is 3. The first kappa shape index (κ1) is 13.8. The van der Waals surface area contributed by atoms with Crippen LogP contribution >= 0.6 is 0 Å². The van der Waals surface area contributed by atoms with Crippen molar-refractivity contribution in [1.82, 2.24) is 19.4 Å². The number of anilines is 1. The summed E-state index contributed by atoms with van der Waals surface area (Å²) >= 11 is 0. The summed E-state index contributed by atoms with van der Waals surface area (Å²) in [5, 5.41) is 1.11. The summed E-state index contributed by atoms with van der Waals surface area (Å²) in [6, 6.07) is 8.43. The van der Waals surface area contributed by atoms with E-state index in [2.05, 4.69) is 46.5 Å². The van der Waals surface area contributed by atoms with Crippen molar-refractivity contribution in [2.24, 2.45) is 0 Å². The van der Waals surface area contributed by atoms with Crippen molar-refractivity contribution in [3.8, 4) is 0 Å². The average Bonchev–Trinajstić information content (AvgIpc) is 2.81. The van der Waals surface area contributed by atoms with Gasteiger partial charge in [-0.15, -0.1) is 0 Å². The average molecular weight is 283 g/mol. The molecule has 0 saturated heterocycles. The van der Waals surface area contributed by atoms with Crippen molar-refractivity contribution in [3.05, 3.63) is 30.5 Å². The molecule has 0 saturated carbocycles. The van der Waals surface area contributed by atoms with Gasteiger partial charge in [0.15, 0.2) is 0 Å². The molecule has 0 fully saturated rings. The van der Waals surface area contributed by atoms with Crippen LogP contribution in [0.4, 0.5) is 5.95 Å². The molecule has 1 atom stereocenters. The molecular weight excluding hydrogens is 262 g/mol. The van der Waals surface area contributed by atoms with E-state index < -0.39 is 0 Å². The van der Waals surface area contributed by atoms with E-state index in [0.29, 0.717) is 12.0 Å². The van der Waals surface area contributed by atoms with Crippen LogP contribution in [0.25, 0.3) is 21.9 Å². The van der Waals surface area contributed by atoms with Gasteiger partial charge in [-0.05, 0) is 40.1 Å². The lowest BCUT2D eigenvalue weighted by Gasteiger charge is -2.19. The van der Waals surface area contributed by atoms with Crippen LogP contribution in [0.5, 0.6) is 0 Å². The fourth-order valence-corrected chi connectivity index (χ4v) is 2.76. The molecule has 1 unspecified atom stereocenters. The summed E-state index contributed by atoms with van der Waals surface area (Å²) < 4.78 is 2.14. The second kappa shape index (κ2) is 5.33. The molecule has 0 aliphatic heterocycles. The summed E-state index contributed by atoms with van der Waals surface area (Å²) in [6.07, 6.45) is 2.84. The molecule has 2 N–H and O–H groups in total. The Morgan fingerprint density at radius 2 is 2.00 bits per heavy atom. The van der Waals surface area contributed by atoms with Crippen LogP contribution in [-0.2, 0) is 0 Å². The van der Waals surface area contributed by atoms with Gasteiger partial charge in [0.05, 0.1) is 17.2 Å². The first-order valence-electron chi connectivity index (χ1n) is 7.24. The van der Waals surface area contributed by atoms with Crippen molar-refractivity contribution < 1.29 is 0 Å². The third-order valence-corrected chi connectivity index (χ3v) is 3.89. The zero-order valence-electron chi connectivity index (χ0n) is 12.7. The standard InChI is InChI=1S/C16H21N5/c1-11(8-9-20(2)3)21-15-12-6-4-5-7-13(12)18-10-14(15)19-16(21)17/h4-7,10-11H,8-9H2,1-3H3,(H2,17,19). The molecule has 0 bridgehead atoms. The molecular formula is C16H21N5. The maximum atomic E-state index is 6.16. The van der Waals surface area contributed by atoms with Gasteiger partial charge in [0.2, 0.25) is 5.95 Å². The first-order chi connectivity index (χ1) is 10.1. The molecule has 2 aromatic heterocycles. The second-order valence-corrected chi connectivity index (χ2v) is 5.79. The van der Waals surface area contributed by atoms with Gasteiger partial charge >= 0.3 is 0 Å². The highest BCUT2D eigenvalue weighted by Crippen LogP contribution is 2.29. The SMILES string of the molecule is CC(CCN(C)C)n1c(N)nc2cnc3ccccc3c21. The van der Waals surface area contributed by atoms with Gasteiger partial charge in [0.1, 0.15) is 5.52 Å². The number of pyridine rings is 1. The van der Waals surface area contributed by atoms with Crippen LogP contribution in [0.1, 0.15) is 19.4 Å². The number of nitrogen functional groups attached to an aromatic ring is 1. The highest BCUT2D eigenvalue weighted by Gasteiger charge is 2.16. The van der Waals surface area contributed by atoms with Gasteiger partial charge in [-0.1, -0.05) is 18.2 Å². The van der Waals surface area contributed by atoms with Gasteiger partial charge in [-0.25, -0.2) is 4.98 Å². The molecule has 5 heteroatoms. The predicted molar refractivity (Wildman–Crippen MR) is 87.3 cm³/mol. The molecule has 0 amide bonds. The van der Waals surface area contributed by atoms with Crippen molar-refractivity contribution in [2.75, 3.05) is 26.4 Å². The Bertz CT molecular complexity index is 775. The van der Waals surface area contributed by atoms with Crippen molar-refractivity contribution in [1.29, 1.82) is 0 Å². The molecule has 3 rings (SSSR count). The van der Waals surface area contributed by atoms with Crippen LogP contribution in [0, 0.1) is 0 Å². The smallest absolute Gasteiger partial charge is 0.201 e. The third-order valence-electron chi connectivity index (χ3n) is 3.89. The number of imidazole rings is 1. The maximum Gasteiger partial charge on any atom is 0.201 e. The number of rotatable bonds is 4. The minimum Gasteiger partial charge on any atom is -0.369 e. The predicted octanol–water partition coefficient (Wildman–Crippen LogP) is 2.68. The molecule has 2 heterocycles. The van der Waals surface area contributed by atoms with Crippen molar-refractivity contribution in [2.45, 2.75) is 19.4 Å². The summed E-state index contributed by atoms with van der Waals surface area (Å²) in [7, 11) is 4.17. The Hall–Kier alpha value is -2.14. The minimum atomic E-state index is 0.295. The van der Waals surface area contributed by atoms with Gasteiger partial charge in [0, 0.05) is 11.4 Å². The Morgan fingerprint density at radius 3 is 2.76 bits per heavy atom. The number of nitrogens with two attached hydrogens (primary N) is 1. The lowest BCUT2D eigenvalue weighted by atomic mass is 10.1.